The number of carboxylic acids is 3. The SMILES string of the molecule is CCC(=O)C1CCC(CNC(=O)CN2CCN(CC(=O)O)CCN(CC(=O)O)CCN(CC(=O)O)CC2)CC1. The van der Waals surface area contributed by atoms with Gasteiger partial charge < -0.3 is 20.6 Å². The maximum absolute atomic E-state index is 12.8. The molecule has 1 amide bonds. The largest absolute Gasteiger partial charge is 0.480 e. The smallest absolute Gasteiger partial charge is 0.317 e. The van der Waals surface area contributed by atoms with Crippen LogP contribution in [0.3, 0.4) is 0 Å². The molecule has 0 spiro atoms. The minimum atomic E-state index is -1.00. The summed E-state index contributed by atoms with van der Waals surface area (Å²) in [5.41, 5.74) is 0. The number of amides is 1. The van der Waals surface area contributed by atoms with Gasteiger partial charge in [0.2, 0.25) is 5.91 Å². The predicted octanol–water partition coefficient (Wildman–Crippen LogP) is -0.636. The van der Waals surface area contributed by atoms with Gasteiger partial charge >= 0.3 is 17.9 Å². The maximum atomic E-state index is 12.8. The van der Waals surface area contributed by atoms with Gasteiger partial charge in [-0.25, -0.2) is 0 Å². The molecule has 2 rings (SSSR count). The number of carbonyl (C=O) groups excluding carboxylic acids is 2. The second-order valence-electron chi connectivity index (χ2n) is 10.6. The third-order valence-electron chi connectivity index (χ3n) is 7.61. The minimum absolute atomic E-state index is 0.108. The number of rotatable bonds is 12. The van der Waals surface area contributed by atoms with E-state index in [1.807, 2.05) is 11.8 Å². The van der Waals surface area contributed by atoms with E-state index in [0.717, 1.165) is 25.7 Å². The van der Waals surface area contributed by atoms with Crippen molar-refractivity contribution in [3.63, 3.8) is 0 Å². The van der Waals surface area contributed by atoms with Gasteiger partial charge in [-0.3, -0.25) is 43.6 Å². The van der Waals surface area contributed by atoms with E-state index in [4.69, 9.17) is 0 Å². The van der Waals surface area contributed by atoms with Gasteiger partial charge in [0.05, 0.1) is 26.2 Å². The number of hydrogen-bond donors (Lipinski definition) is 4. The molecular formula is C26H45N5O8. The lowest BCUT2D eigenvalue weighted by molar-refractivity contribution is -0.140. The van der Waals surface area contributed by atoms with Gasteiger partial charge in [-0.2, -0.15) is 0 Å². The Morgan fingerprint density at radius 1 is 0.615 bits per heavy atom. The number of hydrogen-bond acceptors (Lipinski definition) is 9. The summed E-state index contributed by atoms with van der Waals surface area (Å²) in [6.07, 6.45) is 4.11. The molecule has 1 aliphatic carbocycles. The number of Topliss-reactive ketones (excluding diaryl/α,β-unsaturated/α-hetero) is 1. The van der Waals surface area contributed by atoms with Crippen LogP contribution in [-0.2, 0) is 24.0 Å². The van der Waals surface area contributed by atoms with Crippen molar-refractivity contribution in [1.82, 2.24) is 24.9 Å². The molecule has 1 heterocycles. The summed E-state index contributed by atoms with van der Waals surface area (Å²) in [5, 5.41) is 30.9. The first-order chi connectivity index (χ1) is 18.5. The molecule has 1 aliphatic heterocycles. The van der Waals surface area contributed by atoms with E-state index in [-0.39, 0.29) is 38.0 Å². The van der Waals surface area contributed by atoms with E-state index in [1.54, 1.807) is 14.7 Å². The average molecular weight is 556 g/mol. The van der Waals surface area contributed by atoms with Gasteiger partial charge in [-0.1, -0.05) is 6.92 Å². The Hall–Kier alpha value is -2.61. The average Bonchev–Trinajstić information content (AvgIpc) is 2.88. The van der Waals surface area contributed by atoms with E-state index in [9.17, 15) is 39.3 Å². The number of nitrogens with zero attached hydrogens (tertiary/aromatic N) is 4. The number of carbonyl (C=O) groups is 5. The summed E-state index contributed by atoms with van der Waals surface area (Å²) in [5.74, 6) is -2.32. The molecule has 222 valence electrons. The molecule has 0 atom stereocenters. The van der Waals surface area contributed by atoms with Crippen molar-refractivity contribution in [2.24, 2.45) is 11.8 Å². The zero-order valence-electron chi connectivity index (χ0n) is 23.1. The zero-order chi connectivity index (χ0) is 28.8. The van der Waals surface area contributed by atoms with Gasteiger partial charge in [0.25, 0.3) is 0 Å². The van der Waals surface area contributed by atoms with Crippen molar-refractivity contribution in [3.05, 3.63) is 0 Å². The van der Waals surface area contributed by atoms with Crippen molar-refractivity contribution in [2.45, 2.75) is 39.0 Å². The second kappa shape index (κ2) is 17.2. The van der Waals surface area contributed by atoms with Crippen LogP contribution in [0.1, 0.15) is 39.0 Å². The Balaban J connectivity index is 1.98. The number of carboxylic acid groups (broad SMARTS) is 3. The highest BCUT2D eigenvalue weighted by atomic mass is 16.4. The monoisotopic (exact) mass is 555 g/mol. The lowest BCUT2D eigenvalue weighted by atomic mass is 9.79. The Bertz CT molecular complexity index is 801. The highest BCUT2D eigenvalue weighted by Gasteiger charge is 2.26. The van der Waals surface area contributed by atoms with Crippen molar-refractivity contribution in [3.8, 4) is 0 Å². The van der Waals surface area contributed by atoms with Crippen LogP contribution in [0, 0.1) is 11.8 Å². The second-order valence-corrected chi connectivity index (χ2v) is 10.6. The first-order valence-electron chi connectivity index (χ1n) is 13.9. The first-order valence-corrected chi connectivity index (χ1v) is 13.9. The van der Waals surface area contributed by atoms with Crippen LogP contribution in [0.4, 0.5) is 0 Å². The van der Waals surface area contributed by atoms with Crippen LogP contribution < -0.4 is 5.32 Å². The topological polar surface area (TPSA) is 171 Å². The van der Waals surface area contributed by atoms with Gasteiger partial charge in [0.1, 0.15) is 5.78 Å². The molecule has 1 saturated carbocycles. The van der Waals surface area contributed by atoms with Crippen molar-refractivity contribution in [2.75, 3.05) is 85.1 Å². The molecule has 2 fully saturated rings. The van der Waals surface area contributed by atoms with Crippen molar-refractivity contribution >= 4 is 29.6 Å². The van der Waals surface area contributed by atoms with Crippen LogP contribution in [-0.4, -0.2) is 150 Å². The highest BCUT2D eigenvalue weighted by molar-refractivity contribution is 5.80. The molecule has 13 heteroatoms. The Morgan fingerprint density at radius 2 is 0.974 bits per heavy atom. The van der Waals surface area contributed by atoms with Crippen LogP contribution in [0.15, 0.2) is 0 Å². The molecule has 2 aliphatic rings. The molecule has 4 N–H and O–H groups in total. The summed E-state index contributed by atoms with van der Waals surface area (Å²) in [6.45, 7) is 4.81. The van der Waals surface area contributed by atoms with Gasteiger partial charge in [0.15, 0.2) is 0 Å². The third-order valence-corrected chi connectivity index (χ3v) is 7.61. The molecule has 0 aromatic rings. The van der Waals surface area contributed by atoms with E-state index >= 15 is 0 Å². The fourth-order valence-electron chi connectivity index (χ4n) is 5.28. The van der Waals surface area contributed by atoms with Gasteiger partial charge in [0, 0.05) is 71.2 Å². The van der Waals surface area contributed by atoms with E-state index < -0.39 is 17.9 Å². The van der Waals surface area contributed by atoms with Gasteiger partial charge in [-0.15, -0.1) is 0 Å². The fourth-order valence-corrected chi connectivity index (χ4v) is 5.28. The van der Waals surface area contributed by atoms with Gasteiger partial charge in [-0.05, 0) is 31.6 Å². The summed E-state index contributed by atoms with van der Waals surface area (Å²) < 4.78 is 0. The van der Waals surface area contributed by atoms with Crippen LogP contribution in [0.2, 0.25) is 0 Å². The van der Waals surface area contributed by atoms with Crippen molar-refractivity contribution < 1.29 is 39.3 Å². The standard InChI is InChI=1S/C26H45N5O8/c1-2-22(32)21-5-3-20(4-6-21)15-27-23(33)16-28-7-9-29(17-24(34)35)11-13-31(19-26(38)39)14-12-30(10-8-28)18-25(36)37/h20-21H,2-19H2,1H3,(H,27,33)(H,34,35)(H,36,37)(H,38,39). The summed E-state index contributed by atoms with van der Waals surface area (Å²) in [7, 11) is 0. The lowest BCUT2D eigenvalue weighted by Gasteiger charge is -2.33. The van der Waals surface area contributed by atoms with Crippen LogP contribution in [0.5, 0.6) is 0 Å². The molecule has 0 aromatic heterocycles. The molecule has 0 aromatic carbocycles. The Labute approximate surface area is 230 Å². The summed E-state index contributed by atoms with van der Waals surface area (Å²) in [4.78, 5) is 66.0. The molecule has 0 radical (unpaired) electrons. The van der Waals surface area contributed by atoms with Crippen molar-refractivity contribution in [1.29, 1.82) is 0 Å². The predicted molar refractivity (Wildman–Crippen MR) is 142 cm³/mol. The number of aliphatic carboxylic acids is 3. The third kappa shape index (κ3) is 13.3. The quantitative estimate of drug-likeness (QED) is 0.241. The number of ketones is 1. The van der Waals surface area contributed by atoms with Crippen LogP contribution in [0.25, 0.3) is 0 Å². The first kappa shape index (κ1) is 32.6. The lowest BCUT2D eigenvalue weighted by Crippen LogP contribution is -2.50. The molecule has 0 bridgehead atoms. The van der Waals surface area contributed by atoms with E-state index in [2.05, 4.69) is 5.32 Å². The molecule has 1 saturated heterocycles. The number of nitrogens with one attached hydrogen (secondary N) is 1. The maximum Gasteiger partial charge on any atom is 0.317 e. The highest BCUT2D eigenvalue weighted by Crippen LogP contribution is 2.29. The minimum Gasteiger partial charge on any atom is -0.480 e. The zero-order valence-corrected chi connectivity index (χ0v) is 23.1. The van der Waals surface area contributed by atoms with E-state index in [1.165, 1.54) is 0 Å². The van der Waals surface area contributed by atoms with Crippen LogP contribution >= 0.6 is 0 Å². The Morgan fingerprint density at radius 3 is 1.31 bits per heavy atom. The summed E-state index contributed by atoms with van der Waals surface area (Å²) >= 11 is 0. The molecule has 0 unspecified atom stereocenters. The summed E-state index contributed by atoms with van der Waals surface area (Å²) in [6, 6.07) is 0. The van der Waals surface area contributed by atoms with E-state index in [0.29, 0.717) is 77.0 Å². The molecular weight excluding hydrogens is 510 g/mol. The Kier molecular flexibility index (Phi) is 14.3. The normalized spacial score (nSPS) is 23.3. The molecule has 13 nitrogen and oxygen atoms in total. The molecule has 39 heavy (non-hydrogen) atoms. The fraction of sp³-hybridized carbons (Fsp3) is 0.808.